The lowest BCUT2D eigenvalue weighted by Gasteiger charge is -2.39. The van der Waals surface area contributed by atoms with Crippen molar-refractivity contribution in [2.24, 2.45) is 17.1 Å². The molecule has 0 aromatic heterocycles. The molecule has 0 aliphatic heterocycles. The number of rotatable bonds is 6. The van der Waals surface area contributed by atoms with E-state index in [1.54, 1.807) is 0 Å². The van der Waals surface area contributed by atoms with Gasteiger partial charge in [-0.15, -0.1) is 0 Å². The van der Waals surface area contributed by atoms with Crippen molar-refractivity contribution in [2.45, 2.75) is 40.0 Å². The lowest BCUT2D eigenvalue weighted by molar-refractivity contribution is -0.116. The van der Waals surface area contributed by atoms with E-state index in [0.29, 0.717) is 5.92 Å². The summed E-state index contributed by atoms with van der Waals surface area (Å²) in [6.45, 7) is 8.24. The van der Waals surface area contributed by atoms with E-state index in [1.807, 2.05) is 13.8 Å². The molecular formula is C10H23NO3. The van der Waals surface area contributed by atoms with Crippen LogP contribution in [-0.4, -0.2) is 35.8 Å². The molecule has 4 heteroatoms. The zero-order valence-electron chi connectivity index (χ0n) is 9.53. The number of aliphatic hydroxyl groups excluding tert-OH is 2. The van der Waals surface area contributed by atoms with E-state index >= 15 is 0 Å². The van der Waals surface area contributed by atoms with Crippen molar-refractivity contribution in [3.05, 3.63) is 0 Å². The van der Waals surface area contributed by atoms with Gasteiger partial charge in [0.15, 0.2) is 0 Å². The molecule has 4 N–H and O–H groups in total. The molecule has 4 nitrogen and oxygen atoms in total. The second kappa shape index (κ2) is 5.66. The number of hydrogen-bond acceptors (Lipinski definition) is 4. The Bertz CT molecular complexity index is 157. The zero-order valence-corrected chi connectivity index (χ0v) is 9.53. The molecule has 0 spiro atoms. The third-order valence-electron chi connectivity index (χ3n) is 2.92. The number of nitrogens with two attached hydrogens (primary N) is 1. The van der Waals surface area contributed by atoms with E-state index in [2.05, 4.69) is 13.8 Å². The van der Waals surface area contributed by atoms with Crippen molar-refractivity contribution in [2.75, 3.05) is 13.2 Å². The van der Waals surface area contributed by atoms with E-state index in [-0.39, 0.29) is 18.6 Å². The Morgan fingerprint density at radius 2 is 1.86 bits per heavy atom. The van der Waals surface area contributed by atoms with Gasteiger partial charge in [0, 0.05) is 0 Å². The fraction of sp³-hybridized carbons (Fsp3) is 1.00. The fourth-order valence-electron chi connectivity index (χ4n) is 1.26. The van der Waals surface area contributed by atoms with E-state index < -0.39 is 12.3 Å². The van der Waals surface area contributed by atoms with Crippen molar-refractivity contribution in [1.29, 1.82) is 0 Å². The predicted octanol–water partition coefficient (Wildman–Crippen LogP) is 0.323. The molecular weight excluding hydrogens is 182 g/mol. The van der Waals surface area contributed by atoms with Crippen molar-refractivity contribution < 1.29 is 14.9 Å². The summed E-state index contributed by atoms with van der Waals surface area (Å²) in [4.78, 5) is 0. The summed E-state index contributed by atoms with van der Waals surface area (Å²) >= 11 is 0. The first-order chi connectivity index (χ1) is 6.34. The SMILES string of the molecule is CC(C)C(C)(C)[C@@H](OCCO)C(N)O. The van der Waals surface area contributed by atoms with Crippen LogP contribution >= 0.6 is 0 Å². The maximum absolute atomic E-state index is 9.39. The Labute approximate surface area is 86.1 Å². The smallest absolute Gasteiger partial charge is 0.129 e. The molecule has 0 aromatic carbocycles. The molecule has 14 heavy (non-hydrogen) atoms. The first-order valence-electron chi connectivity index (χ1n) is 5.00. The largest absolute Gasteiger partial charge is 0.394 e. The highest BCUT2D eigenvalue weighted by Crippen LogP contribution is 2.33. The van der Waals surface area contributed by atoms with Gasteiger partial charge in [0.05, 0.1) is 13.2 Å². The molecule has 0 saturated heterocycles. The summed E-state index contributed by atoms with van der Waals surface area (Å²) in [6.07, 6.45) is -1.46. The highest BCUT2D eigenvalue weighted by Gasteiger charge is 2.36. The minimum absolute atomic E-state index is 0.0581. The predicted molar refractivity (Wildman–Crippen MR) is 55.6 cm³/mol. The van der Waals surface area contributed by atoms with Crippen LogP contribution < -0.4 is 5.73 Å². The molecule has 0 radical (unpaired) electrons. The van der Waals surface area contributed by atoms with Crippen LogP contribution in [0, 0.1) is 11.3 Å². The molecule has 0 rings (SSSR count). The minimum Gasteiger partial charge on any atom is -0.394 e. The maximum atomic E-state index is 9.39. The van der Waals surface area contributed by atoms with Crippen LogP contribution in [0.2, 0.25) is 0 Å². The fourth-order valence-corrected chi connectivity index (χ4v) is 1.26. The minimum atomic E-state index is -1.01. The Balaban J connectivity index is 4.47. The first kappa shape index (κ1) is 13.8. The zero-order chi connectivity index (χ0) is 11.4. The van der Waals surface area contributed by atoms with Crippen molar-refractivity contribution in [3.63, 3.8) is 0 Å². The number of ether oxygens (including phenoxy) is 1. The molecule has 0 aliphatic carbocycles. The molecule has 0 amide bonds. The molecule has 0 heterocycles. The van der Waals surface area contributed by atoms with Gasteiger partial charge in [0.1, 0.15) is 12.3 Å². The number of hydrogen-bond donors (Lipinski definition) is 3. The molecule has 0 fully saturated rings. The molecule has 0 saturated carbocycles. The molecule has 2 atom stereocenters. The van der Waals surface area contributed by atoms with Crippen LogP contribution in [0.4, 0.5) is 0 Å². The van der Waals surface area contributed by atoms with Crippen LogP contribution in [0.25, 0.3) is 0 Å². The van der Waals surface area contributed by atoms with E-state index in [9.17, 15) is 5.11 Å². The van der Waals surface area contributed by atoms with Gasteiger partial charge in [-0.05, 0) is 11.3 Å². The highest BCUT2D eigenvalue weighted by molar-refractivity contribution is 4.84. The second-order valence-corrected chi connectivity index (χ2v) is 4.48. The van der Waals surface area contributed by atoms with Crippen LogP contribution in [0.5, 0.6) is 0 Å². The molecule has 0 aliphatic rings. The molecule has 0 bridgehead atoms. The lowest BCUT2D eigenvalue weighted by atomic mass is 9.75. The first-order valence-corrected chi connectivity index (χ1v) is 5.00. The van der Waals surface area contributed by atoms with Crippen molar-refractivity contribution in [3.8, 4) is 0 Å². The van der Waals surface area contributed by atoms with Gasteiger partial charge in [-0.3, -0.25) is 0 Å². The summed E-state index contributed by atoms with van der Waals surface area (Å²) in [5, 5.41) is 18.0. The third-order valence-corrected chi connectivity index (χ3v) is 2.92. The van der Waals surface area contributed by atoms with Crippen molar-refractivity contribution >= 4 is 0 Å². The summed E-state index contributed by atoms with van der Waals surface area (Å²) in [6, 6.07) is 0. The summed E-state index contributed by atoms with van der Waals surface area (Å²) in [5.41, 5.74) is 5.23. The number of aliphatic hydroxyl groups is 2. The van der Waals surface area contributed by atoms with Gasteiger partial charge < -0.3 is 20.7 Å². The van der Waals surface area contributed by atoms with Gasteiger partial charge in [-0.25, -0.2) is 0 Å². The second-order valence-electron chi connectivity index (χ2n) is 4.48. The van der Waals surface area contributed by atoms with Gasteiger partial charge >= 0.3 is 0 Å². The van der Waals surface area contributed by atoms with Gasteiger partial charge in [-0.2, -0.15) is 0 Å². The monoisotopic (exact) mass is 205 g/mol. The van der Waals surface area contributed by atoms with E-state index in [1.165, 1.54) is 0 Å². The van der Waals surface area contributed by atoms with Crippen molar-refractivity contribution in [1.82, 2.24) is 0 Å². The Morgan fingerprint density at radius 1 is 1.36 bits per heavy atom. The van der Waals surface area contributed by atoms with E-state index in [4.69, 9.17) is 15.6 Å². The van der Waals surface area contributed by atoms with Gasteiger partial charge in [0.25, 0.3) is 0 Å². The van der Waals surface area contributed by atoms with Crippen LogP contribution in [-0.2, 0) is 4.74 Å². The van der Waals surface area contributed by atoms with E-state index in [0.717, 1.165) is 0 Å². The van der Waals surface area contributed by atoms with Gasteiger partial charge in [-0.1, -0.05) is 27.7 Å². The summed E-state index contributed by atoms with van der Waals surface area (Å²) in [5.74, 6) is 0.337. The normalized spacial score (nSPS) is 17.1. The Hall–Kier alpha value is -0.160. The Kier molecular flexibility index (Phi) is 5.59. The van der Waals surface area contributed by atoms with Crippen LogP contribution in [0.3, 0.4) is 0 Å². The highest BCUT2D eigenvalue weighted by atomic mass is 16.5. The average molecular weight is 205 g/mol. The topological polar surface area (TPSA) is 75.7 Å². The quantitative estimate of drug-likeness (QED) is 0.546. The van der Waals surface area contributed by atoms with Gasteiger partial charge in [0.2, 0.25) is 0 Å². The third kappa shape index (κ3) is 3.53. The Morgan fingerprint density at radius 3 is 2.14 bits per heavy atom. The average Bonchev–Trinajstić information content (AvgIpc) is 2.03. The molecule has 1 unspecified atom stereocenters. The summed E-state index contributed by atoms with van der Waals surface area (Å²) in [7, 11) is 0. The maximum Gasteiger partial charge on any atom is 0.129 e. The lowest BCUT2D eigenvalue weighted by Crippen LogP contribution is -2.49. The molecule has 86 valence electrons. The van der Waals surface area contributed by atoms with Crippen LogP contribution in [0.1, 0.15) is 27.7 Å². The standard InChI is InChI=1S/C10H23NO3/c1-7(2)10(3,4)8(9(11)13)14-6-5-12/h7-9,12-13H,5-6,11H2,1-4H3/t8-,9?/m0/s1. The summed E-state index contributed by atoms with van der Waals surface area (Å²) < 4.78 is 5.35. The van der Waals surface area contributed by atoms with Crippen LogP contribution in [0.15, 0.2) is 0 Å². The molecule has 0 aromatic rings.